The fourth-order valence-electron chi connectivity index (χ4n) is 2.36. The van der Waals surface area contributed by atoms with Gasteiger partial charge >= 0.3 is 0 Å². The summed E-state index contributed by atoms with van der Waals surface area (Å²) in [6.45, 7) is -0.0713. The van der Waals surface area contributed by atoms with Gasteiger partial charge in [0.1, 0.15) is 0 Å². The quantitative estimate of drug-likeness (QED) is 0.231. The molecule has 0 aliphatic heterocycles. The molecule has 2 aromatic heterocycles. The number of non-ortho nitro benzene ring substituents is 1. The minimum atomic E-state index is -3.94. The van der Waals surface area contributed by atoms with Crippen molar-refractivity contribution in [3.05, 3.63) is 62.9 Å². The molecule has 0 unspecified atom stereocenters. The third-order valence-corrected chi connectivity index (χ3v) is 6.20. The second kappa shape index (κ2) is 8.69. The molecule has 0 aliphatic carbocycles. The van der Waals surface area contributed by atoms with Crippen LogP contribution in [0.2, 0.25) is 5.15 Å². The molecule has 0 radical (unpaired) electrons. The molecule has 2 N–H and O–H groups in total. The lowest BCUT2D eigenvalue weighted by atomic mass is 10.3. The van der Waals surface area contributed by atoms with Crippen LogP contribution >= 0.6 is 22.9 Å². The Bertz CT molecular complexity index is 1200. The number of nitrogens with one attached hydrogen (secondary N) is 2. The average molecular weight is 456 g/mol. The number of hydrogen-bond acceptors (Lipinski definition) is 7. The molecule has 0 saturated heterocycles. The normalized spacial score (nSPS) is 11.9. The minimum absolute atomic E-state index is 0.0192. The maximum Gasteiger partial charge on any atom is 0.270 e. The number of carbonyl (C=O) groups is 1. The van der Waals surface area contributed by atoms with Crippen LogP contribution in [0, 0.1) is 10.1 Å². The molecular formula is C16H14ClN5O5S2. The highest BCUT2D eigenvalue weighted by Crippen LogP contribution is 2.22. The van der Waals surface area contributed by atoms with Crippen LogP contribution < -0.4 is 10.0 Å². The van der Waals surface area contributed by atoms with Crippen molar-refractivity contribution in [1.29, 1.82) is 0 Å². The van der Waals surface area contributed by atoms with E-state index in [0.717, 1.165) is 6.07 Å². The number of carbonyl (C=O) groups excluding carboxylic acids is 1. The van der Waals surface area contributed by atoms with Crippen molar-refractivity contribution in [3.8, 4) is 0 Å². The molecule has 1 amide bonds. The van der Waals surface area contributed by atoms with Crippen molar-refractivity contribution in [1.82, 2.24) is 19.4 Å². The highest BCUT2D eigenvalue weighted by Gasteiger charge is 2.17. The summed E-state index contributed by atoms with van der Waals surface area (Å²) in [6.07, 6.45) is 4.55. The smallest absolute Gasteiger partial charge is 0.270 e. The van der Waals surface area contributed by atoms with Crippen LogP contribution in [-0.2, 0) is 14.8 Å². The van der Waals surface area contributed by atoms with Crippen molar-refractivity contribution >= 4 is 55.6 Å². The second-order valence-electron chi connectivity index (χ2n) is 5.62. The van der Waals surface area contributed by atoms with Crippen LogP contribution in [-0.4, -0.2) is 41.7 Å². The van der Waals surface area contributed by atoms with Gasteiger partial charge in [0.25, 0.3) is 5.69 Å². The molecule has 2 heterocycles. The van der Waals surface area contributed by atoms with Crippen LogP contribution in [0.5, 0.6) is 0 Å². The lowest BCUT2D eigenvalue weighted by Crippen LogP contribution is -2.34. The Hall–Kier alpha value is -2.80. The van der Waals surface area contributed by atoms with E-state index in [-0.39, 0.29) is 28.8 Å². The number of hydrogen-bond donors (Lipinski definition) is 2. The predicted molar refractivity (Wildman–Crippen MR) is 108 cm³/mol. The van der Waals surface area contributed by atoms with Crippen LogP contribution in [0.15, 0.2) is 46.8 Å². The molecule has 3 aromatic rings. The van der Waals surface area contributed by atoms with Crippen molar-refractivity contribution in [2.75, 3.05) is 13.1 Å². The van der Waals surface area contributed by atoms with Gasteiger partial charge in [0.15, 0.2) is 10.1 Å². The van der Waals surface area contributed by atoms with Gasteiger partial charge < -0.3 is 5.32 Å². The lowest BCUT2D eigenvalue weighted by Gasteiger charge is -2.07. The number of rotatable bonds is 8. The topological polar surface area (TPSA) is 136 Å². The number of nitro benzene ring substituents is 1. The molecule has 0 bridgehead atoms. The maximum absolute atomic E-state index is 12.2. The zero-order valence-corrected chi connectivity index (χ0v) is 17.0. The van der Waals surface area contributed by atoms with E-state index in [9.17, 15) is 23.3 Å². The number of imidazole rings is 1. The van der Waals surface area contributed by atoms with Gasteiger partial charge in [-0.2, -0.15) is 0 Å². The number of thiazole rings is 1. The van der Waals surface area contributed by atoms with Crippen LogP contribution in [0.4, 0.5) is 5.69 Å². The van der Waals surface area contributed by atoms with E-state index in [1.165, 1.54) is 41.7 Å². The molecule has 0 fully saturated rings. The van der Waals surface area contributed by atoms with Gasteiger partial charge in [0, 0.05) is 42.9 Å². The summed E-state index contributed by atoms with van der Waals surface area (Å²) in [7, 11) is -3.94. The van der Waals surface area contributed by atoms with Crippen molar-refractivity contribution in [3.63, 3.8) is 0 Å². The number of aromatic nitrogens is 2. The largest absolute Gasteiger partial charge is 0.351 e. The molecule has 152 valence electrons. The lowest BCUT2D eigenvalue weighted by molar-refractivity contribution is -0.385. The van der Waals surface area contributed by atoms with Gasteiger partial charge in [-0.05, 0) is 12.1 Å². The predicted octanol–water partition coefficient (Wildman–Crippen LogP) is 2.07. The molecule has 10 nitrogen and oxygen atoms in total. The molecule has 0 saturated carbocycles. The molecule has 1 aromatic carbocycles. The van der Waals surface area contributed by atoms with E-state index < -0.39 is 20.9 Å². The molecule has 0 spiro atoms. The Morgan fingerprint density at radius 1 is 1.38 bits per heavy atom. The van der Waals surface area contributed by atoms with Crippen molar-refractivity contribution in [2.45, 2.75) is 4.90 Å². The molecular weight excluding hydrogens is 442 g/mol. The summed E-state index contributed by atoms with van der Waals surface area (Å²) in [4.78, 5) is 26.6. The number of amides is 1. The SMILES string of the molecule is O=C(/C=C/c1c(Cl)nc2sccn12)NCCNS(=O)(=O)c1cccc([N+](=O)[O-])c1. The van der Waals surface area contributed by atoms with Crippen molar-refractivity contribution < 1.29 is 18.1 Å². The third-order valence-electron chi connectivity index (χ3n) is 3.70. The van der Waals surface area contributed by atoms with E-state index in [1.54, 1.807) is 10.6 Å². The summed E-state index contributed by atoms with van der Waals surface area (Å²) < 4.78 is 28.4. The first-order valence-corrected chi connectivity index (χ1v) is 10.8. The molecule has 3 rings (SSSR count). The zero-order valence-electron chi connectivity index (χ0n) is 14.6. The third kappa shape index (κ3) is 4.98. The first kappa shape index (κ1) is 20.9. The Labute approximate surface area is 174 Å². The van der Waals surface area contributed by atoms with Crippen LogP contribution in [0.3, 0.4) is 0 Å². The van der Waals surface area contributed by atoms with E-state index in [2.05, 4.69) is 15.0 Å². The Morgan fingerprint density at radius 3 is 2.93 bits per heavy atom. The fraction of sp³-hybridized carbons (Fsp3) is 0.125. The minimum Gasteiger partial charge on any atom is -0.351 e. The second-order valence-corrected chi connectivity index (χ2v) is 8.62. The molecule has 13 heteroatoms. The molecule has 0 aliphatic rings. The van der Waals surface area contributed by atoms with Gasteiger partial charge in [-0.25, -0.2) is 18.1 Å². The highest BCUT2D eigenvalue weighted by molar-refractivity contribution is 7.89. The standard InChI is InChI=1S/C16H14ClN5O5S2/c17-15-13(21-8-9-28-16(21)20-15)4-5-14(23)18-6-7-19-29(26,27)12-3-1-2-11(10-12)22(24)25/h1-5,8-10,19H,6-7H2,(H,18,23)/b5-4+. The summed E-state index contributed by atoms with van der Waals surface area (Å²) in [5, 5.41) is 15.4. The summed E-state index contributed by atoms with van der Waals surface area (Å²) in [5.74, 6) is -0.444. The monoisotopic (exact) mass is 455 g/mol. The Morgan fingerprint density at radius 2 is 2.17 bits per heavy atom. The fourth-order valence-corrected chi connectivity index (χ4v) is 4.43. The molecule has 29 heavy (non-hydrogen) atoms. The number of halogens is 1. The first-order chi connectivity index (χ1) is 13.8. The first-order valence-electron chi connectivity index (χ1n) is 8.09. The zero-order chi connectivity index (χ0) is 21.0. The summed E-state index contributed by atoms with van der Waals surface area (Å²) >= 11 is 7.44. The van der Waals surface area contributed by atoms with Gasteiger partial charge in [-0.3, -0.25) is 19.3 Å². The average Bonchev–Trinajstić information content (AvgIpc) is 3.24. The van der Waals surface area contributed by atoms with Crippen LogP contribution in [0.25, 0.3) is 11.0 Å². The Balaban J connectivity index is 1.52. The Kier molecular flexibility index (Phi) is 6.27. The van der Waals surface area contributed by atoms with E-state index in [1.807, 2.05) is 5.38 Å². The number of nitrogens with zero attached hydrogens (tertiary/aromatic N) is 3. The van der Waals surface area contributed by atoms with Crippen molar-refractivity contribution in [2.24, 2.45) is 0 Å². The number of nitro groups is 1. The summed E-state index contributed by atoms with van der Waals surface area (Å²) in [5.41, 5.74) is 0.231. The molecule has 0 atom stereocenters. The van der Waals surface area contributed by atoms with E-state index in [0.29, 0.717) is 10.7 Å². The number of fused-ring (bicyclic) bond motifs is 1. The van der Waals surface area contributed by atoms with Gasteiger partial charge in [0.05, 0.1) is 15.5 Å². The maximum atomic E-state index is 12.2. The van der Waals surface area contributed by atoms with Gasteiger partial charge in [-0.1, -0.05) is 17.7 Å². The van der Waals surface area contributed by atoms with E-state index >= 15 is 0 Å². The van der Waals surface area contributed by atoms with E-state index in [4.69, 9.17) is 11.6 Å². The highest BCUT2D eigenvalue weighted by atomic mass is 35.5. The number of benzene rings is 1. The van der Waals surface area contributed by atoms with Gasteiger partial charge in [0.2, 0.25) is 15.9 Å². The van der Waals surface area contributed by atoms with Crippen LogP contribution in [0.1, 0.15) is 5.69 Å². The summed E-state index contributed by atoms with van der Waals surface area (Å²) in [6, 6.07) is 4.69. The van der Waals surface area contributed by atoms with Gasteiger partial charge in [-0.15, -0.1) is 11.3 Å². The number of sulfonamides is 1.